The summed E-state index contributed by atoms with van der Waals surface area (Å²) in [5, 5.41) is 8.42. The van der Waals surface area contributed by atoms with Crippen molar-refractivity contribution in [3.05, 3.63) is 82.7 Å². The van der Waals surface area contributed by atoms with E-state index in [4.69, 9.17) is 6.57 Å². The summed E-state index contributed by atoms with van der Waals surface area (Å²) in [5.74, 6) is 0.749. The van der Waals surface area contributed by atoms with Crippen molar-refractivity contribution in [2.75, 3.05) is 0 Å². The van der Waals surface area contributed by atoms with E-state index in [2.05, 4.69) is 49.3 Å². The molecule has 144 valence electrons. The Morgan fingerprint density at radius 3 is 2.43 bits per heavy atom. The summed E-state index contributed by atoms with van der Waals surface area (Å²) >= 11 is 1.54. The summed E-state index contributed by atoms with van der Waals surface area (Å²) < 4.78 is 2.81. The summed E-state index contributed by atoms with van der Waals surface area (Å²) in [6, 6.07) is 18.4. The number of fused-ring (bicyclic) bond motifs is 1. The van der Waals surface area contributed by atoms with Gasteiger partial charge in [-0.1, -0.05) is 35.4 Å². The van der Waals surface area contributed by atoms with Crippen LogP contribution < -0.4 is 0 Å². The first-order chi connectivity index (χ1) is 14.7. The average Bonchev–Trinajstić information content (AvgIpc) is 3.40. The van der Waals surface area contributed by atoms with Crippen molar-refractivity contribution in [2.24, 2.45) is 0 Å². The van der Waals surface area contributed by atoms with Gasteiger partial charge in [-0.15, -0.1) is 17.9 Å². The molecule has 0 unspecified atom stereocenters. The second-order valence-electron chi connectivity index (χ2n) is 6.97. The zero-order valence-corrected chi connectivity index (χ0v) is 17.2. The van der Waals surface area contributed by atoms with Crippen LogP contribution in [0.15, 0.2) is 60.1 Å². The maximum Gasteiger partial charge on any atom is 0.367 e. The third-order valence-corrected chi connectivity index (χ3v) is 5.77. The molecule has 5 aromatic rings. The predicted molar refractivity (Wildman–Crippen MR) is 119 cm³/mol. The Kier molecular flexibility index (Phi) is 4.34. The van der Waals surface area contributed by atoms with Crippen molar-refractivity contribution in [1.82, 2.24) is 24.7 Å². The molecular weight excluding hydrogens is 392 g/mol. The smallest absolute Gasteiger partial charge is 0.367 e. The number of benzene rings is 2. The van der Waals surface area contributed by atoms with E-state index in [1.165, 1.54) is 0 Å². The van der Waals surface area contributed by atoms with Crippen LogP contribution in [-0.4, -0.2) is 24.7 Å². The number of hydrogen-bond acceptors (Lipinski definition) is 5. The summed E-state index contributed by atoms with van der Waals surface area (Å²) in [5.41, 5.74) is 8.35. The van der Waals surface area contributed by atoms with Crippen LogP contribution in [0.25, 0.3) is 43.5 Å². The molecule has 0 aliphatic rings. The van der Waals surface area contributed by atoms with Gasteiger partial charge >= 0.3 is 5.95 Å². The van der Waals surface area contributed by atoms with Gasteiger partial charge in [-0.2, -0.15) is 0 Å². The predicted octanol–water partition coefficient (Wildman–Crippen LogP) is 5.77. The molecule has 0 spiro atoms. The number of aryl methyl sites for hydroxylation is 2. The molecule has 7 heteroatoms. The van der Waals surface area contributed by atoms with Gasteiger partial charge in [0, 0.05) is 0 Å². The van der Waals surface area contributed by atoms with Gasteiger partial charge in [0.2, 0.25) is 5.82 Å². The minimum Gasteiger partial charge on any atom is -0.395 e. The van der Waals surface area contributed by atoms with Gasteiger partial charge in [0.05, 0.1) is 15.9 Å². The number of aromatic nitrogens is 5. The Bertz CT molecular complexity index is 1400. The highest BCUT2D eigenvalue weighted by molar-refractivity contribution is 7.16. The molecule has 5 rings (SSSR count). The van der Waals surface area contributed by atoms with Gasteiger partial charge in [-0.3, -0.25) is 0 Å². The molecule has 6 nitrogen and oxygen atoms in total. The highest BCUT2D eigenvalue weighted by Crippen LogP contribution is 2.33. The topological polar surface area (TPSA) is 60.9 Å². The third-order valence-electron chi connectivity index (χ3n) is 4.99. The van der Waals surface area contributed by atoms with Gasteiger partial charge in [-0.05, 0) is 65.5 Å². The van der Waals surface area contributed by atoms with Crippen molar-refractivity contribution < 1.29 is 0 Å². The second kappa shape index (κ2) is 7.17. The summed E-state index contributed by atoms with van der Waals surface area (Å²) in [6.45, 7) is 11.7. The van der Waals surface area contributed by atoms with Crippen LogP contribution in [0.5, 0.6) is 0 Å². The summed E-state index contributed by atoms with van der Waals surface area (Å²) in [7, 11) is 0. The van der Waals surface area contributed by atoms with E-state index in [0.717, 1.165) is 32.6 Å². The maximum atomic E-state index is 7.60. The number of rotatable bonds is 3. The Balaban J connectivity index is 1.71. The first-order valence-electron chi connectivity index (χ1n) is 9.36. The number of pyridine rings is 1. The first kappa shape index (κ1) is 18.2. The Morgan fingerprint density at radius 2 is 1.70 bits per heavy atom. The highest BCUT2D eigenvalue weighted by Gasteiger charge is 2.23. The minimum absolute atomic E-state index is 0.212. The molecule has 0 amide bonds. The van der Waals surface area contributed by atoms with Crippen molar-refractivity contribution in [3.8, 4) is 28.3 Å². The molecule has 0 aliphatic heterocycles. The fourth-order valence-corrected chi connectivity index (χ4v) is 4.32. The molecule has 0 aliphatic carbocycles. The fourth-order valence-electron chi connectivity index (χ4n) is 3.70. The lowest BCUT2D eigenvalue weighted by atomic mass is 9.98. The van der Waals surface area contributed by atoms with Gasteiger partial charge < -0.3 is 4.85 Å². The van der Waals surface area contributed by atoms with Crippen LogP contribution in [0.2, 0.25) is 0 Å². The normalized spacial score (nSPS) is 11.0. The first-order valence-corrected chi connectivity index (χ1v) is 10.2. The van der Waals surface area contributed by atoms with Crippen molar-refractivity contribution in [2.45, 2.75) is 13.8 Å². The zero-order chi connectivity index (χ0) is 20.7. The van der Waals surface area contributed by atoms with Crippen LogP contribution in [0.4, 0.5) is 5.95 Å². The SMILES string of the molecule is [C-]#[N+]c1nnc(-c2ccc3scnc3n2)n1-c1c(C)cc(-c2ccccc2)cc1C. The molecule has 0 saturated carbocycles. The van der Waals surface area contributed by atoms with Crippen LogP contribution >= 0.6 is 11.3 Å². The van der Waals surface area contributed by atoms with E-state index in [9.17, 15) is 0 Å². The summed E-state index contributed by atoms with van der Waals surface area (Å²) in [6.07, 6.45) is 0. The van der Waals surface area contributed by atoms with Crippen LogP contribution in [-0.2, 0) is 0 Å². The monoisotopic (exact) mass is 408 g/mol. The molecule has 30 heavy (non-hydrogen) atoms. The largest absolute Gasteiger partial charge is 0.395 e. The molecule has 0 fully saturated rings. The maximum absolute atomic E-state index is 7.60. The number of nitrogens with zero attached hydrogens (tertiary/aromatic N) is 6. The fraction of sp³-hybridized carbons (Fsp3) is 0.0870. The van der Waals surface area contributed by atoms with Gasteiger partial charge in [-0.25, -0.2) is 14.5 Å². The van der Waals surface area contributed by atoms with E-state index in [1.807, 2.05) is 44.2 Å². The van der Waals surface area contributed by atoms with Crippen molar-refractivity contribution in [3.63, 3.8) is 0 Å². The number of thiazole rings is 1. The van der Waals surface area contributed by atoms with Crippen LogP contribution in [0.3, 0.4) is 0 Å². The standard InChI is InChI=1S/C23H16N6S/c1-14-11-17(16-7-5-4-6-8-16)12-15(2)20(14)29-22(27-28-23(29)24-3)18-9-10-19-21(26-18)25-13-30-19/h4-13H,1-2H3. The molecule has 0 bridgehead atoms. The van der Waals surface area contributed by atoms with E-state index in [-0.39, 0.29) is 5.95 Å². The molecule has 3 aromatic heterocycles. The average molecular weight is 408 g/mol. The Morgan fingerprint density at radius 1 is 0.933 bits per heavy atom. The summed E-state index contributed by atoms with van der Waals surface area (Å²) in [4.78, 5) is 12.5. The van der Waals surface area contributed by atoms with E-state index in [0.29, 0.717) is 17.2 Å². The minimum atomic E-state index is 0.212. The molecule has 0 N–H and O–H groups in total. The van der Waals surface area contributed by atoms with Crippen LogP contribution in [0, 0.1) is 20.4 Å². The molecule has 2 aromatic carbocycles. The van der Waals surface area contributed by atoms with Crippen molar-refractivity contribution >= 4 is 27.6 Å². The molecule has 0 atom stereocenters. The van der Waals surface area contributed by atoms with Crippen LogP contribution in [0.1, 0.15) is 11.1 Å². The van der Waals surface area contributed by atoms with E-state index >= 15 is 0 Å². The quantitative estimate of drug-likeness (QED) is 0.355. The molecular formula is C23H16N6S. The Hall–Kier alpha value is -3.89. The molecule has 0 radical (unpaired) electrons. The lowest BCUT2D eigenvalue weighted by Gasteiger charge is -2.14. The second-order valence-corrected chi connectivity index (χ2v) is 7.85. The van der Waals surface area contributed by atoms with E-state index < -0.39 is 0 Å². The third kappa shape index (κ3) is 2.95. The van der Waals surface area contributed by atoms with E-state index in [1.54, 1.807) is 21.4 Å². The molecule has 0 saturated heterocycles. The van der Waals surface area contributed by atoms with Gasteiger partial charge in [0.15, 0.2) is 5.65 Å². The van der Waals surface area contributed by atoms with Gasteiger partial charge in [0.1, 0.15) is 5.69 Å². The number of hydrogen-bond donors (Lipinski definition) is 0. The Labute approximate surface area is 177 Å². The lowest BCUT2D eigenvalue weighted by molar-refractivity contribution is 1.04. The zero-order valence-electron chi connectivity index (χ0n) is 16.4. The van der Waals surface area contributed by atoms with Crippen molar-refractivity contribution in [1.29, 1.82) is 0 Å². The lowest BCUT2D eigenvalue weighted by Crippen LogP contribution is -2.03. The molecule has 3 heterocycles. The van der Waals surface area contributed by atoms with Gasteiger partial charge in [0.25, 0.3) is 0 Å². The highest BCUT2D eigenvalue weighted by atomic mass is 32.1.